The number of halogens is 1. The first-order valence-corrected chi connectivity index (χ1v) is 6.71. The van der Waals surface area contributed by atoms with Crippen LogP contribution in [-0.4, -0.2) is 35.7 Å². The third-order valence-corrected chi connectivity index (χ3v) is 3.40. The third-order valence-electron chi connectivity index (χ3n) is 3.40. The fraction of sp³-hybridized carbons (Fsp3) is 0.692. The van der Waals surface area contributed by atoms with Crippen LogP contribution in [0.3, 0.4) is 0 Å². The fourth-order valence-corrected chi connectivity index (χ4v) is 2.17. The van der Waals surface area contributed by atoms with Gasteiger partial charge in [0.1, 0.15) is 5.69 Å². The lowest BCUT2D eigenvalue weighted by molar-refractivity contribution is 0.0940. The lowest BCUT2D eigenvalue weighted by Gasteiger charge is -2.22. The minimum atomic E-state index is -0.0799. The summed E-state index contributed by atoms with van der Waals surface area (Å²) in [6.45, 7) is 6.97. The van der Waals surface area contributed by atoms with E-state index in [1.165, 1.54) is 12.8 Å². The van der Waals surface area contributed by atoms with E-state index in [1.54, 1.807) is 0 Å². The Bertz CT molecular complexity index is 399. The van der Waals surface area contributed by atoms with Crippen LogP contribution in [0.5, 0.6) is 0 Å². The van der Waals surface area contributed by atoms with Crippen molar-refractivity contribution < 1.29 is 4.79 Å². The summed E-state index contributed by atoms with van der Waals surface area (Å²) in [4.78, 5) is 11.9. The highest BCUT2D eigenvalue weighted by atomic mass is 35.5. The molecule has 0 aromatic carbocycles. The highest BCUT2D eigenvalue weighted by molar-refractivity contribution is 5.92. The number of piperidine rings is 1. The zero-order chi connectivity index (χ0) is 13.0. The average Bonchev–Trinajstić information content (AvgIpc) is 2.87. The van der Waals surface area contributed by atoms with Crippen molar-refractivity contribution >= 4 is 18.3 Å². The lowest BCUT2D eigenvalue weighted by Crippen LogP contribution is -2.38. The van der Waals surface area contributed by atoms with Gasteiger partial charge in [-0.3, -0.25) is 9.89 Å². The van der Waals surface area contributed by atoms with E-state index in [1.807, 2.05) is 6.07 Å². The SMILES string of the molecule is CC(C)c1cc(C(=O)NCC2CCCNC2)n[nH]1.Cl. The molecule has 6 heteroatoms. The topological polar surface area (TPSA) is 69.8 Å². The molecule has 1 amide bonds. The van der Waals surface area contributed by atoms with E-state index >= 15 is 0 Å². The zero-order valence-corrected chi connectivity index (χ0v) is 12.3. The summed E-state index contributed by atoms with van der Waals surface area (Å²) in [6.07, 6.45) is 2.38. The maximum Gasteiger partial charge on any atom is 0.271 e. The van der Waals surface area contributed by atoms with Crippen LogP contribution in [0.15, 0.2) is 6.07 Å². The molecule has 0 radical (unpaired) electrons. The second-order valence-electron chi connectivity index (χ2n) is 5.29. The summed E-state index contributed by atoms with van der Waals surface area (Å²) < 4.78 is 0. The number of hydrogen-bond acceptors (Lipinski definition) is 3. The van der Waals surface area contributed by atoms with Gasteiger partial charge < -0.3 is 10.6 Å². The van der Waals surface area contributed by atoms with Crippen LogP contribution >= 0.6 is 12.4 Å². The van der Waals surface area contributed by atoms with Gasteiger partial charge in [0.2, 0.25) is 0 Å². The van der Waals surface area contributed by atoms with Crippen molar-refractivity contribution in [2.24, 2.45) is 5.92 Å². The lowest BCUT2D eigenvalue weighted by atomic mass is 10.00. The van der Waals surface area contributed by atoms with Crippen molar-refractivity contribution in [3.63, 3.8) is 0 Å². The van der Waals surface area contributed by atoms with E-state index in [0.29, 0.717) is 17.5 Å². The van der Waals surface area contributed by atoms with E-state index in [9.17, 15) is 4.79 Å². The van der Waals surface area contributed by atoms with Gasteiger partial charge in [-0.15, -0.1) is 12.4 Å². The normalized spacial score (nSPS) is 19.0. The van der Waals surface area contributed by atoms with Gasteiger partial charge in [0.25, 0.3) is 5.91 Å². The van der Waals surface area contributed by atoms with Gasteiger partial charge in [-0.05, 0) is 43.8 Å². The summed E-state index contributed by atoms with van der Waals surface area (Å²) in [6, 6.07) is 1.83. The van der Waals surface area contributed by atoms with Crippen LogP contribution in [0.1, 0.15) is 48.8 Å². The number of hydrogen-bond donors (Lipinski definition) is 3. The van der Waals surface area contributed by atoms with Crippen LogP contribution in [0, 0.1) is 5.92 Å². The Labute approximate surface area is 120 Å². The molecule has 1 aromatic rings. The third kappa shape index (κ3) is 4.51. The van der Waals surface area contributed by atoms with Gasteiger partial charge in [0.05, 0.1) is 0 Å². The second-order valence-corrected chi connectivity index (χ2v) is 5.29. The van der Waals surface area contributed by atoms with Crippen molar-refractivity contribution in [2.45, 2.75) is 32.6 Å². The van der Waals surface area contributed by atoms with Crippen molar-refractivity contribution in [1.29, 1.82) is 0 Å². The minimum Gasteiger partial charge on any atom is -0.350 e. The van der Waals surface area contributed by atoms with E-state index in [2.05, 4.69) is 34.7 Å². The van der Waals surface area contributed by atoms with Crippen molar-refractivity contribution in [2.75, 3.05) is 19.6 Å². The summed E-state index contributed by atoms with van der Waals surface area (Å²) in [5.41, 5.74) is 1.49. The number of nitrogens with one attached hydrogen (secondary N) is 3. The first kappa shape index (κ1) is 16.0. The molecular formula is C13H23ClN4O. The number of aromatic nitrogens is 2. The van der Waals surface area contributed by atoms with Crippen molar-refractivity contribution in [1.82, 2.24) is 20.8 Å². The first-order chi connectivity index (χ1) is 8.66. The Kier molecular flexibility index (Phi) is 6.31. The van der Waals surface area contributed by atoms with E-state index < -0.39 is 0 Å². The molecule has 3 N–H and O–H groups in total. The van der Waals surface area contributed by atoms with Gasteiger partial charge in [-0.1, -0.05) is 13.8 Å². The monoisotopic (exact) mass is 286 g/mol. The Balaban J connectivity index is 0.00000180. The smallest absolute Gasteiger partial charge is 0.271 e. The van der Waals surface area contributed by atoms with E-state index in [0.717, 1.165) is 25.3 Å². The molecule has 5 nitrogen and oxygen atoms in total. The maximum absolute atomic E-state index is 11.9. The summed E-state index contributed by atoms with van der Waals surface area (Å²) in [7, 11) is 0. The van der Waals surface area contributed by atoms with E-state index in [-0.39, 0.29) is 18.3 Å². The number of carbonyl (C=O) groups is 1. The molecule has 1 atom stereocenters. The molecule has 0 saturated carbocycles. The second kappa shape index (κ2) is 7.50. The molecule has 1 aromatic heterocycles. The maximum atomic E-state index is 11.9. The Morgan fingerprint density at radius 3 is 2.95 bits per heavy atom. The molecule has 108 valence electrons. The summed E-state index contributed by atoms with van der Waals surface area (Å²) in [5.74, 6) is 0.830. The van der Waals surface area contributed by atoms with Gasteiger partial charge in [0.15, 0.2) is 0 Å². The zero-order valence-electron chi connectivity index (χ0n) is 11.5. The Morgan fingerprint density at radius 2 is 2.37 bits per heavy atom. The minimum absolute atomic E-state index is 0. The molecule has 1 unspecified atom stereocenters. The Morgan fingerprint density at radius 1 is 1.58 bits per heavy atom. The van der Waals surface area contributed by atoms with Crippen LogP contribution in [-0.2, 0) is 0 Å². The molecule has 1 fully saturated rings. The highest BCUT2D eigenvalue weighted by Gasteiger charge is 2.16. The van der Waals surface area contributed by atoms with E-state index in [4.69, 9.17) is 0 Å². The number of carbonyl (C=O) groups excluding carboxylic acids is 1. The highest BCUT2D eigenvalue weighted by Crippen LogP contribution is 2.12. The predicted octanol–water partition coefficient (Wildman–Crippen LogP) is 1.68. The summed E-state index contributed by atoms with van der Waals surface area (Å²) in [5, 5.41) is 13.3. The Hall–Kier alpha value is -1.07. The molecule has 2 rings (SSSR count). The molecule has 0 aliphatic carbocycles. The molecular weight excluding hydrogens is 264 g/mol. The average molecular weight is 287 g/mol. The number of nitrogens with zero attached hydrogens (tertiary/aromatic N) is 1. The van der Waals surface area contributed by atoms with Crippen molar-refractivity contribution in [3.05, 3.63) is 17.5 Å². The molecule has 0 spiro atoms. The number of aromatic amines is 1. The molecule has 19 heavy (non-hydrogen) atoms. The van der Waals surface area contributed by atoms with Crippen LogP contribution in [0.2, 0.25) is 0 Å². The van der Waals surface area contributed by atoms with Gasteiger partial charge in [-0.2, -0.15) is 5.10 Å². The molecule has 2 heterocycles. The van der Waals surface area contributed by atoms with Gasteiger partial charge in [-0.25, -0.2) is 0 Å². The molecule has 1 aliphatic heterocycles. The van der Waals surface area contributed by atoms with Crippen LogP contribution in [0.4, 0.5) is 0 Å². The fourth-order valence-electron chi connectivity index (χ4n) is 2.17. The molecule has 0 bridgehead atoms. The molecule has 1 aliphatic rings. The predicted molar refractivity (Wildman–Crippen MR) is 77.9 cm³/mol. The first-order valence-electron chi connectivity index (χ1n) is 6.71. The van der Waals surface area contributed by atoms with Gasteiger partial charge in [0, 0.05) is 12.2 Å². The molecule has 1 saturated heterocycles. The summed E-state index contributed by atoms with van der Waals surface area (Å²) >= 11 is 0. The number of H-pyrrole nitrogens is 1. The standard InChI is InChI=1S/C13H22N4O.ClH/c1-9(2)11-6-12(17-16-11)13(18)15-8-10-4-3-5-14-7-10;/h6,9-10,14H,3-5,7-8H2,1-2H3,(H,15,18)(H,16,17);1H. The van der Waals surface area contributed by atoms with Crippen molar-refractivity contribution in [3.8, 4) is 0 Å². The van der Waals surface area contributed by atoms with Crippen LogP contribution in [0.25, 0.3) is 0 Å². The number of amides is 1. The van der Waals surface area contributed by atoms with Gasteiger partial charge >= 0.3 is 0 Å². The quantitative estimate of drug-likeness (QED) is 0.789. The number of rotatable bonds is 4. The largest absolute Gasteiger partial charge is 0.350 e. The van der Waals surface area contributed by atoms with Crippen LogP contribution < -0.4 is 10.6 Å².